The Hall–Kier alpha value is -1.32. The molecule has 0 radical (unpaired) electrons. The lowest BCUT2D eigenvalue weighted by molar-refractivity contribution is -0.143. The summed E-state index contributed by atoms with van der Waals surface area (Å²) in [6.07, 6.45) is 0.696. The van der Waals surface area contributed by atoms with Gasteiger partial charge in [0.15, 0.2) is 0 Å². The summed E-state index contributed by atoms with van der Waals surface area (Å²) in [6, 6.07) is -1.04. The molecule has 0 aromatic rings. The Bertz CT molecular complexity index is 511. The Labute approximate surface area is 148 Å². The fourth-order valence-corrected chi connectivity index (χ4v) is 3.75. The average molecular weight is 356 g/mol. The normalized spacial score (nSPS) is 30.7. The Kier molecular flexibility index (Phi) is 5.70. The molecule has 25 heavy (non-hydrogen) atoms. The fourth-order valence-electron chi connectivity index (χ4n) is 3.75. The molecule has 0 bridgehead atoms. The van der Waals surface area contributed by atoms with E-state index in [4.69, 9.17) is 15.0 Å². The number of amides is 1. The van der Waals surface area contributed by atoms with Crippen LogP contribution in [-0.2, 0) is 14.1 Å². The molecule has 0 aromatic carbocycles. The number of hydrogen-bond donors (Lipinski definition) is 3. The first kappa shape index (κ1) is 20.0. The fraction of sp³-hybridized carbons (Fsp3) is 0.875. The third-order valence-electron chi connectivity index (χ3n) is 5.86. The highest BCUT2D eigenvalue weighted by atomic mass is 16.7. The maximum atomic E-state index is 11.6. The van der Waals surface area contributed by atoms with E-state index in [1.807, 2.05) is 27.7 Å². The molecule has 2 aliphatic rings. The topological polar surface area (TPSA) is 122 Å². The van der Waals surface area contributed by atoms with Gasteiger partial charge in [-0.05, 0) is 58.8 Å². The van der Waals surface area contributed by atoms with E-state index in [1.165, 1.54) is 0 Å². The number of likely N-dealkylation sites (tertiary alicyclic amines) is 1. The van der Waals surface area contributed by atoms with E-state index in [9.17, 15) is 19.8 Å². The van der Waals surface area contributed by atoms with Crippen LogP contribution in [-0.4, -0.2) is 64.6 Å². The van der Waals surface area contributed by atoms with Gasteiger partial charge in [0.25, 0.3) is 0 Å². The van der Waals surface area contributed by atoms with Crippen LogP contribution in [0.5, 0.6) is 0 Å². The Morgan fingerprint density at radius 2 is 1.76 bits per heavy atom. The molecule has 9 heteroatoms. The van der Waals surface area contributed by atoms with Crippen LogP contribution in [0.2, 0.25) is 6.32 Å². The molecule has 2 fully saturated rings. The monoisotopic (exact) mass is 356 g/mol. The van der Waals surface area contributed by atoms with Crippen LogP contribution in [0, 0.1) is 11.8 Å². The smallest absolute Gasteiger partial charge is 0.457 e. The van der Waals surface area contributed by atoms with E-state index >= 15 is 0 Å². The van der Waals surface area contributed by atoms with E-state index in [0.29, 0.717) is 19.2 Å². The number of aliphatic carboxylic acids is 1. The zero-order valence-corrected chi connectivity index (χ0v) is 15.4. The van der Waals surface area contributed by atoms with Gasteiger partial charge in [0.05, 0.1) is 11.2 Å². The molecule has 1 amide bonds. The molecule has 0 spiro atoms. The van der Waals surface area contributed by atoms with Crippen molar-refractivity contribution in [1.82, 2.24) is 4.90 Å². The number of carbonyl (C=O) groups is 2. The van der Waals surface area contributed by atoms with Gasteiger partial charge in [-0.1, -0.05) is 6.42 Å². The van der Waals surface area contributed by atoms with Crippen molar-refractivity contribution in [2.24, 2.45) is 17.6 Å². The summed E-state index contributed by atoms with van der Waals surface area (Å²) >= 11 is 0. The Balaban J connectivity index is 1.96. The summed E-state index contributed by atoms with van der Waals surface area (Å²) in [5, 5.41) is 18.7. The minimum atomic E-state index is -1.21. The maximum Gasteiger partial charge on any atom is 0.457 e. The lowest BCUT2D eigenvalue weighted by Crippen LogP contribution is -2.42. The molecule has 2 aliphatic heterocycles. The zero-order chi connectivity index (χ0) is 19.0. The maximum absolute atomic E-state index is 11.6. The van der Waals surface area contributed by atoms with E-state index in [0.717, 1.165) is 4.90 Å². The highest BCUT2D eigenvalue weighted by Crippen LogP contribution is 2.39. The van der Waals surface area contributed by atoms with Crippen LogP contribution in [0.4, 0.5) is 4.79 Å². The number of nitrogens with zero attached hydrogens (tertiary/aromatic N) is 1. The molecule has 2 heterocycles. The third kappa shape index (κ3) is 3.93. The van der Waals surface area contributed by atoms with E-state index in [-0.39, 0.29) is 32.0 Å². The van der Waals surface area contributed by atoms with Gasteiger partial charge in [0.2, 0.25) is 0 Å². The van der Waals surface area contributed by atoms with Crippen molar-refractivity contribution in [3.8, 4) is 0 Å². The van der Waals surface area contributed by atoms with Gasteiger partial charge in [-0.2, -0.15) is 0 Å². The molecule has 0 aromatic heterocycles. The molecule has 4 N–H and O–H groups in total. The van der Waals surface area contributed by atoms with Gasteiger partial charge in [-0.3, -0.25) is 4.90 Å². The number of nitrogens with two attached hydrogens (primary N) is 1. The van der Waals surface area contributed by atoms with Gasteiger partial charge in [0.1, 0.15) is 6.04 Å². The molecule has 3 atom stereocenters. The molecule has 2 rings (SSSR count). The quantitative estimate of drug-likeness (QED) is 0.616. The molecule has 0 aliphatic carbocycles. The van der Waals surface area contributed by atoms with Crippen LogP contribution in [0.15, 0.2) is 0 Å². The van der Waals surface area contributed by atoms with E-state index < -0.39 is 29.3 Å². The van der Waals surface area contributed by atoms with Crippen LogP contribution < -0.4 is 5.73 Å². The van der Waals surface area contributed by atoms with Crippen LogP contribution >= 0.6 is 0 Å². The second kappa shape index (κ2) is 7.13. The number of carboxylic acid groups (broad SMARTS) is 2. The second-order valence-electron chi connectivity index (χ2n) is 7.99. The molecule has 8 nitrogen and oxygen atoms in total. The van der Waals surface area contributed by atoms with Crippen molar-refractivity contribution in [3.63, 3.8) is 0 Å². The van der Waals surface area contributed by atoms with Crippen molar-refractivity contribution >= 4 is 19.2 Å². The zero-order valence-electron chi connectivity index (χ0n) is 15.4. The van der Waals surface area contributed by atoms with Crippen molar-refractivity contribution in [2.75, 3.05) is 13.1 Å². The van der Waals surface area contributed by atoms with Gasteiger partial charge in [-0.15, -0.1) is 0 Å². The summed E-state index contributed by atoms with van der Waals surface area (Å²) in [5.74, 6) is -1.55. The average Bonchev–Trinajstić information content (AvgIpc) is 2.94. The molecule has 142 valence electrons. The number of hydrogen-bond acceptors (Lipinski definition) is 5. The standard InChI is InChI=1S/C16H29BN2O6/c1-15(2)16(3,4)25-17(24-15)7-5-6-11-10(8-18)9-19(14(22)23)12(11)13(20)21/h10-12H,5-9,18H2,1-4H3,(H,20,21)(H,22,23)/t10?,11?,12-/m0/s1. The van der Waals surface area contributed by atoms with Gasteiger partial charge in [0, 0.05) is 6.54 Å². The molecule has 2 unspecified atom stereocenters. The Morgan fingerprint density at radius 3 is 2.20 bits per heavy atom. The first-order chi connectivity index (χ1) is 11.5. The number of rotatable bonds is 6. The summed E-state index contributed by atoms with van der Waals surface area (Å²) in [6.45, 7) is 8.39. The van der Waals surface area contributed by atoms with E-state index in [1.54, 1.807) is 0 Å². The minimum absolute atomic E-state index is 0.143. The molecular weight excluding hydrogens is 327 g/mol. The highest BCUT2D eigenvalue weighted by Gasteiger charge is 2.51. The molecule has 0 saturated carbocycles. The van der Waals surface area contributed by atoms with Crippen LogP contribution in [0.3, 0.4) is 0 Å². The summed E-state index contributed by atoms with van der Waals surface area (Å²) < 4.78 is 11.9. The predicted molar refractivity (Wildman–Crippen MR) is 92.3 cm³/mol. The predicted octanol–water partition coefficient (Wildman–Crippen LogP) is 1.50. The van der Waals surface area contributed by atoms with Gasteiger partial charge in [-0.25, -0.2) is 9.59 Å². The second-order valence-corrected chi connectivity index (χ2v) is 7.99. The SMILES string of the molecule is CC1(C)OB(CCCC2C(CN)CN(C(=O)O)[C@@H]2C(=O)O)OC1(C)C. The van der Waals surface area contributed by atoms with Crippen LogP contribution in [0.25, 0.3) is 0 Å². The van der Waals surface area contributed by atoms with Crippen LogP contribution in [0.1, 0.15) is 40.5 Å². The largest absolute Gasteiger partial charge is 0.480 e. The van der Waals surface area contributed by atoms with Crippen molar-refractivity contribution in [3.05, 3.63) is 0 Å². The summed E-state index contributed by atoms with van der Waals surface area (Å²) in [7, 11) is -0.332. The highest BCUT2D eigenvalue weighted by molar-refractivity contribution is 6.45. The van der Waals surface area contributed by atoms with Gasteiger partial charge < -0.3 is 25.3 Å². The summed E-state index contributed by atoms with van der Waals surface area (Å²) in [4.78, 5) is 23.9. The summed E-state index contributed by atoms with van der Waals surface area (Å²) in [5.41, 5.74) is 4.96. The Morgan fingerprint density at radius 1 is 1.20 bits per heavy atom. The molecule has 2 saturated heterocycles. The van der Waals surface area contributed by atoms with Gasteiger partial charge >= 0.3 is 19.2 Å². The lowest BCUT2D eigenvalue weighted by atomic mass is 9.78. The minimum Gasteiger partial charge on any atom is -0.480 e. The third-order valence-corrected chi connectivity index (χ3v) is 5.86. The number of carboxylic acids is 1. The van der Waals surface area contributed by atoms with Crippen molar-refractivity contribution in [1.29, 1.82) is 0 Å². The lowest BCUT2D eigenvalue weighted by Gasteiger charge is -2.32. The first-order valence-corrected chi connectivity index (χ1v) is 8.78. The van der Waals surface area contributed by atoms with E-state index in [2.05, 4.69) is 0 Å². The van der Waals surface area contributed by atoms with Crippen molar-refractivity contribution < 1.29 is 29.1 Å². The first-order valence-electron chi connectivity index (χ1n) is 8.78. The molecular formula is C16H29BN2O6. The van der Waals surface area contributed by atoms with Crippen molar-refractivity contribution in [2.45, 2.75) is 64.1 Å².